The van der Waals surface area contributed by atoms with Crippen LogP contribution in [0.25, 0.3) is 0 Å². The van der Waals surface area contributed by atoms with Gasteiger partial charge in [0.15, 0.2) is 6.29 Å². The van der Waals surface area contributed by atoms with Gasteiger partial charge < -0.3 is 9.47 Å². The van der Waals surface area contributed by atoms with Crippen molar-refractivity contribution in [2.45, 2.75) is 0 Å². The van der Waals surface area contributed by atoms with Crippen LogP contribution in [-0.2, 0) is 0 Å². The molecule has 0 bridgehead atoms. The minimum Gasteiger partial charge on any atom is -0.456 e. The second kappa shape index (κ2) is 6.59. The summed E-state index contributed by atoms with van der Waals surface area (Å²) in [6, 6.07) is 23.9. The van der Waals surface area contributed by atoms with Gasteiger partial charge in [0.25, 0.3) is 0 Å². The molecule has 3 nitrogen and oxygen atoms in total. The lowest BCUT2D eigenvalue weighted by Crippen LogP contribution is -1.95. The number of para-hydroxylation sites is 2. The van der Waals surface area contributed by atoms with Gasteiger partial charge in [-0.05, 0) is 36.4 Å². The molecule has 0 aromatic heterocycles. The Morgan fingerprint density at radius 2 is 1.05 bits per heavy atom. The van der Waals surface area contributed by atoms with E-state index in [1.165, 1.54) is 0 Å². The molecule has 0 aliphatic rings. The molecular weight excluding hydrogens is 276 g/mol. The van der Waals surface area contributed by atoms with E-state index in [1.807, 2.05) is 60.7 Å². The average Bonchev–Trinajstić information content (AvgIpc) is 2.57. The molecule has 0 radical (unpaired) electrons. The second-order valence-corrected chi connectivity index (χ2v) is 4.62. The van der Waals surface area contributed by atoms with Gasteiger partial charge in [-0.1, -0.05) is 42.5 Å². The SMILES string of the molecule is O=Cc1c(Oc2ccccc2)cccc1Oc1ccccc1. The summed E-state index contributed by atoms with van der Waals surface area (Å²) in [5.74, 6) is 2.27. The third kappa shape index (κ3) is 3.15. The number of aldehydes is 1. The molecule has 0 N–H and O–H groups in total. The van der Waals surface area contributed by atoms with Crippen LogP contribution in [0.3, 0.4) is 0 Å². The minimum absolute atomic E-state index is 0.384. The molecule has 0 spiro atoms. The summed E-state index contributed by atoms with van der Waals surface area (Å²) < 4.78 is 11.5. The number of ether oxygens (including phenoxy) is 2. The van der Waals surface area contributed by atoms with Gasteiger partial charge in [-0.2, -0.15) is 0 Å². The summed E-state index contributed by atoms with van der Waals surface area (Å²) in [4.78, 5) is 11.5. The largest absolute Gasteiger partial charge is 0.456 e. The smallest absolute Gasteiger partial charge is 0.157 e. The highest BCUT2D eigenvalue weighted by Gasteiger charge is 2.11. The molecule has 0 unspecified atom stereocenters. The molecule has 108 valence electrons. The molecule has 0 aliphatic carbocycles. The van der Waals surface area contributed by atoms with Crippen LogP contribution in [0.4, 0.5) is 0 Å². The van der Waals surface area contributed by atoms with Gasteiger partial charge in [0.2, 0.25) is 0 Å². The molecule has 0 saturated heterocycles. The summed E-state index contributed by atoms with van der Waals surface area (Å²) in [5.41, 5.74) is 0.384. The van der Waals surface area contributed by atoms with Crippen LogP contribution >= 0.6 is 0 Å². The summed E-state index contributed by atoms with van der Waals surface area (Å²) in [6.07, 6.45) is 0.747. The van der Waals surface area contributed by atoms with E-state index in [0.29, 0.717) is 28.6 Å². The zero-order chi connectivity index (χ0) is 15.2. The quantitative estimate of drug-likeness (QED) is 0.614. The predicted molar refractivity (Wildman–Crippen MR) is 84.9 cm³/mol. The third-order valence-corrected chi connectivity index (χ3v) is 3.09. The number of hydrogen-bond donors (Lipinski definition) is 0. The zero-order valence-corrected chi connectivity index (χ0v) is 11.8. The Morgan fingerprint density at radius 3 is 1.45 bits per heavy atom. The van der Waals surface area contributed by atoms with Crippen LogP contribution in [0.2, 0.25) is 0 Å². The molecule has 3 heteroatoms. The van der Waals surface area contributed by atoms with Crippen LogP contribution < -0.4 is 9.47 Å². The van der Waals surface area contributed by atoms with Crippen LogP contribution in [0.5, 0.6) is 23.0 Å². The van der Waals surface area contributed by atoms with E-state index in [0.717, 1.165) is 6.29 Å². The fourth-order valence-corrected chi connectivity index (χ4v) is 2.05. The lowest BCUT2D eigenvalue weighted by Gasteiger charge is -2.12. The van der Waals surface area contributed by atoms with E-state index in [9.17, 15) is 4.79 Å². The summed E-state index contributed by atoms with van der Waals surface area (Å²) in [5, 5.41) is 0. The van der Waals surface area contributed by atoms with Crippen LogP contribution in [0.1, 0.15) is 10.4 Å². The van der Waals surface area contributed by atoms with E-state index in [1.54, 1.807) is 18.2 Å². The first kappa shape index (κ1) is 13.9. The number of rotatable bonds is 5. The van der Waals surface area contributed by atoms with Gasteiger partial charge in [0.05, 0.1) is 5.56 Å². The predicted octanol–water partition coefficient (Wildman–Crippen LogP) is 5.08. The van der Waals surface area contributed by atoms with Crippen LogP contribution in [-0.4, -0.2) is 6.29 Å². The lowest BCUT2D eigenvalue weighted by molar-refractivity contribution is 0.111. The molecule has 22 heavy (non-hydrogen) atoms. The number of hydrogen-bond acceptors (Lipinski definition) is 3. The summed E-state index contributed by atoms with van der Waals surface area (Å²) in [6.45, 7) is 0. The topological polar surface area (TPSA) is 35.5 Å². The maximum Gasteiger partial charge on any atom is 0.157 e. The van der Waals surface area contributed by atoms with E-state index in [2.05, 4.69) is 0 Å². The molecule has 0 heterocycles. The van der Waals surface area contributed by atoms with E-state index < -0.39 is 0 Å². The van der Waals surface area contributed by atoms with Gasteiger partial charge in [-0.3, -0.25) is 4.79 Å². The van der Waals surface area contributed by atoms with Gasteiger partial charge in [0.1, 0.15) is 23.0 Å². The first-order valence-electron chi connectivity index (χ1n) is 6.91. The van der Waals surface area contributed by atoms with Crippen molar-refractivity contribution < 1.29 is 14.3 Å². The highest BCUT2D eigenvalue weighted by Crippen LogP contribution is 2.33. The monoisotopic (exact) mass is 290 g/mol. The average molecular weight is 290 g/mol. The fourth-order valence-electron chi connectivity index (χ4n) is 2.05. The highest BCUT2D eigenvalue weighted by atomic mass is 16.5. The molecule has 0 amide bonds. The Balaban J connectivity index is 1.92. The van der Waals surface area contributed by atoms with E-state index in [4.69, 9.17) is 9.47 Å². The Labute approximate surface area is 128 Å². The Hall–Kier alpha value is -3.07. The van der Waals surface area contributed by atoms with Crippen molar-refractivity contribution >= 4 is 6.29 Å². The van der Waals surface area contributed by atoms with E-state index in [-0.39, 0.29) is 0 Å². The van der Waals surface area contributed by atoms with Gasteiger partial charge >= 0.3 is 0 Å². The molecule has 0 fully saturated rings. The maximum absolute atomic E-state index is 11.5. The van der Waals surface area contributed by atoms with Crippen molar-refractivity contribution in [1.29, 1.82) is 0 Å². The lowest BCUT2D eigenvalue weighted by atomic mass is 10.2. The number of benzene rings is 3. The standard InChI is InChI=1S/C19H14O3/c20-14-17-18(21-15-8-3-1-4-9-15)12-7-13-19(17)22-16-10-5-2-6-11-16/h1-14H. The van der Waals surface area contributed by atoms with E-state index >= 15 is 0 Å². The van der Waals surface area contributed by atoms with Crippen molar-refractivity contribution in [3.05, 3.63) is 84.4 Å². The summed E-state index contributed by atoms with van der Waals surface area (Å²) in [7, 11) is 0. The Morgan fingerprint density at radius 1 is 0.591 bits per heavy atom. The molecule has 3 rings (SSSR count). The van der Waals surface area contributed by atoms with Crippen molar-refractivity contribution in [1.82, 2.24) is 0 Å². The Bertz CT molecular complexity index is 692. The van der Waals surface area contributed by atoms with Crippen LogP contribution in [0.15, 0.2) is 78.9 Å². The molecule has 3 aromatic rings. The molecule has 0 saturated carbocycles. The van der Waals surface area contributed by atoms with Gasteiger partial charge in [-0.15, -0.1) is 0 Å². The highest BCUT2D eigenvalue weighted by molar-refractivity contribution is 5.84. The van der Waals surface area contributed by atoms with Gasteiger partial charge in [-0.25, -0.2) is 0 Å². The first-order valence-corrected chi connectivity index (χ1v) is 6.91. The Kier molecular flexibility index (Phi) is 4.16. The van der Waals surface area contributed by atoms with Crippen molar-refractivity contribution in [3.8, 4) is 23.0 Å². The number of carbonyl (C=O) groups excluding carboxylic acids is 1. The van der Waals surface area contributed by atoms with Crippen LogP contribution in [0, 0.1) is 0 Å². The fraction of sp³-hybridized carbons (Fsp3) is 0. The molecule has 0 aliphatic heterocycles. The van der Waals surface area contributed by atoms with Crippen molar-refractivity contribution in [3.63, 3.8) is 0 Å². The third-order valence-electron chi connectivity index (χ3n) is 3.09. The minimum atomic E-state index is 0.384. The molecule has 3 aromatic carbocycles. The van der Waals surface area contributed by atoms with Gasteiger partial charge in [0, 0.05) is 0 Å². The zero-order valence-electron chi connectivity index (χ0n) is 11.8. The maximum atomic E-state index is 11.5. The second-order valence-electron chi connectivity index (χ2n) is 4.62. The normalized spacial score (nSPS) is 10.0. The summed E-state index contributed by atoms with van der Waals surface area (Å²) >= 11 is 0. The van der Waals surface area contributed by atoms with Crippen molar-refractivity contribution in [2.75, 3.05) is 0 Å². The number of carbonyl (C=O) groups is 1. The first-order chi connectivity index (χ1) is 10.9. The molecule has 0 atom stereocenters. The van der Waals surface area contributed by atoms with Crippen molar-refractivity contribution in [2.24, 2.45) is 0 Å². The molecular formula is C19H14O3.